The number of rotatable bonds is 9. The van der Waals surface area contributed by atoms with Crippen LogP contribution in [0.5, 0.6) is 0 Å². The maximum absolute atomic E-state index is 13.4. The minimum Gasteiger partial charge on any atom is -0.463 e. The molecule has 1 aromatic heterocycles. The highest BCUT2D eigenvalue weighted by Crippen LogP contribution is 2.30. The number of carbonyl (C=O) groups excluding carboxylic acids is 4. The quantitative estimate of drug-likeness (QED) is 0.0830. The maximum atomic E-state index is 13.4. The van der Waals surface area contributed by atoms with Crippen molar-refractivity contribution in [1.29, 1.82) is 0 Å². The first-order chi connectivity index (χ1) is 27.9. The van der Waals surface area contributed by atoms with Crippen LogP contribution in [0.3, 0.4) is 0 Å². The van der Waals surface area contributed by atoms with Crippen LogP contribution in [0, 0.1) is 6.92 Å². The molecule has 3 heterocycles. The molecule has 0 aliphatic carbocycles. The Kier molecular flexibility index (Phi) is 18.3. The molecule has 0 spiro atoms. The zero-order valence-electron chi connectivity index (χ0n) is 37.2. The Labute approximate surface area is 352 Å². The molecule has 2 aliphatic rings. The third-order valence-electron chi connectivity index (χ3n) is 9.41. The number of amides is 3. The van der Waals surface area contributed by atoms with Gasteiger partial charge in [0, 0.05) is 75.3 Å². The number of H-pyrrole nitrogens is 1. The molecule has 0 radical (unpaired) electrons. The third-order valence-corrected chi connectivity index (χ3v) is 9.41. The van der Waals surface area contributed by atoms with Gasteiger partial charge in [0.05, 0.1) is 6.04 Å². The van der Waals surface area contributed by atoms with Crippen LogP contribution in [0.25, 0.3) is 10.4 Å². The van der Waals surface area contributed by atoms with E-state index in [0.717, 1.165) is 0 Å². The van der Waals surface area contributed by atoms with Crippen molar-refractivity contribution in [3.8, 4) is 0 Å². The third kappa shape index (κ3) is 17.4. The molecule has 60 heavy (non-hydrogen) atoms. The van der Waals surface area contributed by atoms with Crippen LogP contribution in [0.15, 0.2) is 20.9 Å². The number of azide groups is 1. The van der Waals surface area contributed by atoms with Crippen molar-refractivity contribution >= 4 is 24.2 Å². The van der Waals surface area contributed by atoms with Crippen molar-refractivity contribution < 1.29 is 42.9 Å². The summed E-state index contributed by atoms with van der Waals surface area (Å²) in [7, 11) is 0. The van der Waals surface area contributed by atoms with Crippen molar-refractivity contribution in [1.82, 2.24) is 29.2 Å². The lowest BCUT2D eigenvalue weighted by atomic mass is 10.1. The molecular formula is C40H67N9O11. The molecule has 0 aromatic carbocycles. The van der Waals surface area contributed by atoms with Crippen LogP contribution >= 0.6 is 0 Å². The smallest absolute Gasteiger partial charge is 0.410 e. The lowest BCUT2D eigenvalue weighted by molar-refractivity contribution is -0.148. The van der Waals surface area contributed by atoms with Crippen LogP contribution in [-0.2, 0) is 28.5 Å². The highest BCUT2D eigenvalue weighted by molar-refractivity contribution is 5.70. The topological polar surface area (TPSA) is 231 Å². The van der Waals surface area contributed by atoms with Crippen molar-refractivity contribution in [3.63, 3.8) is 0 Å². The van der Waals surface area contributed by atoms with E-state index in [2.05, 4.69) is 19.9 Å². The number of aromatic amines is 1. The first-order valence-corrected chi connectivity index (χ1v) is 20.8. The summed E-state index contributed by atoms with van der Waals surface area (Å²) in [6.45, 7) is 20.9. The van der Waals surface area contributed by atoms with Gasteiger partial charge in [0.1, 0.15) is 35.7 Å². The van der Waals surface area contributed by atoms with Crippen LogP contribution < -0.4 is 11.2 Å². The largest absolute Gasteiger partial charge is 0.463 e. The molecule has 0 saturated carbocycles. The molecule has 20 nitrogen and oxygen atoms in total. The molecule has 1 N–H and O–H groups in total. The molecule has 0 unspecified atom stereocenters. The van der Waals surface area contributed by atoms with Crippen molar-refractivity contribution in [2.75, 3.05) is 65.5 Å². The standard InChI is InChI=1S/C40H67N9O11/c1-28-26-49(34(52)42-33(28)51)31-25-29(43-44-41)30(57-31)27-56-32(50)15-11-12-16-45-17-13-18-47(36(54)59-39(5,6)7)23-24-48(37(55)60-40(8,9)10)20-14-19-46(22-21-45)35(53)58-38(2,3)4/h26,29-31H,11-25,27H2,1-10H3,(H,42,51,52)/t29-,30+,31+/m0/s1. The SMILES string of the molecule is Cc1cn([C@H]2C[C@H](N=[N+]=[N-])[C@@H](COC(=O)CCCCN3CCCN(C(=O)OC(C)(C)C)CCN(C(=O)OC(C)(C)C)CCCN(C(=O)OC(C)(C)C)CC3)O2)c(=O)[nH]c1=O. The van der Waals surface area contributed by atoms with Crippen LogP contribution in [0.2, 0.25) is 0 Å². The number of nitrogens with zero attached hydrogens (tertiary/aromatic N) is 8. The van der Waals surface area contributed by atoms with Crippen LogP contribution in [0.1, 0.15) is 113 Å². The Morgan fingerprint density at radius 1 is 0.783 bits per heavy atom. The van der Waals surface area contributed by atoms with Gasteiger partial charge >= 0.3 is 29.9 Å². The number of unbranched alkanes of at least 4 members (excludes halogenated alkanes) is 1. The maximum Gasteiger partial charge on any atom is 0.410 e. The van der Waals surface area contributed by atoms with E-state index in [1.165, 1.54) is 10.8 Å². The number of aryl methyl sites for hydroxylation is 1. The number of aromatic nitrogens is 2. The Hall–Kier alpha value is -4.81. The predicted molar refractivity (Wildman–Crippen MR) is 221 cm³/mol. The molecule has 338 valence electrons. The summed E-state index contributed by atoms with van der Waals surface area (Å²) in [5.74, 6) is -0.468. The van der Waals surface area contributed by atoms with E-state index in [9.17, 15) is 28.8 Å². The zero-order valence-corrected chi connectivity index (χ0v) is 37.2. The minimum absolute atomic E-state index is 0.110. The molecule has 3 amide bonds. The second-order valence-corrected chi connectivity index (χ2v) is 18.2. The minimum atomic E-state index is -0.824. The Balaban J connectivity index is 1.66. The second kappa shape index (κ2) is 22.2. The van der Waals surface area contributed by atoms with Gasteiger partial charge in [0.15, 0.2) is 0 Å². The normalized spacial score (nSPS) is 20.4. The monoisotopic (exact) mass is 849 g/mol. The van der Waals surface area contributed by atoms with Crippen molar-refractivity contribution in [3.05, 3.63) is 43.0 Å². The number of hydrogen-bond acceptors (Lipinski definition) is 13. The van der Waals surface area contributed by atoms with E-state index in [-0.39, 0.29) is 39.1 Å². The summed E-state index contributed by atoms with van der Waals surface area (Å²) in [6.07, 6.45) is 0.701. The molecular weight excluding hydrogens is 782 g/mol. The number of carbonyl (C=O) groups is 4. The summed E-state index contributed by atoms with van der Waals surface area (Å²) < 4.78 is 29.8. The molecule has 2 aliphatic heterocycles. The second-order valence-electron chi connectivity index (χ2n) is 18.2. The van der Waals surface area contributed by atoms with Gasteiger partial charge in [-0.05, 0) is 114 Å². The van der Waals surface area contributed by atoms with Gasteiger partial charge in [0.25, 0.3) is 5.56 Å². The molecule has 1 aromatic rings. The summed E-state index contributed by atoms with van der Waals surface area (Å²) in [5, 5.41) is 3.78. The van der Waals surface area contributed by atoms with Gasteiger partial charge in [-0.15, -0.1) is 0 Å². The summed E-state index contributed by atoms with van der Waals surface area (Å²) in [4.78, 5) is 89.3. The van der Waals surface area contributed by atoms with Crippen molar-refractivity contribution in [2.24, 2.45) is 5.11 Å². The van der Waals surface area contributed by atoms with Gasteiger partial charge in [-0.3, -0.25) is 19.1 Å². The fourth-order valence-electron chi connectivity index (χ4n) is 6.51. The average Bonchev–Trinajstić information content (AvgIpc) is 3.51. The highest BCUT2D eigenvalue weighted by atomic mass is 16.6. The Morgan fingerprint density at radius 3 is 1.78 bits per heavy atom. The van der Waals surface area contributed by atoms with Crippen LogP contribution in [0.4, 0.5) is 14.4 Å². The fraction of sp³-hybridized carbons (Fsp3) is 0.800. The zero-order chi connectivity index (χ0) is 44.8. The Bertz CT molecular complexity index is 1770. The number of hydrogen-bond donors (Lipinski definition) is 1. The lowest BCUT2D eigenvalue weighted by Crippen LogP contribution is -2.47. The first kappa shape index (κ1) is 49.6. The van der Waals surface area contributed by atoms with Gasteiger partial charge < -0.3 is 43.3 Å². The number of ether oxygens (including phenoxy) is 5. The summed E-state index contributed by atoms with van der Waals surface area (Å²) in [5.41, 5.74) is 6.08. The molecule has 20 heteroatoms. The molecule has 3 atom stereocenters. The van der Waals surface area contributed by atoms with E-state index in [0.29, 0.717) is 70.5 Å². The van der Waals surface area contributed by atoms with Gasteiger partial charge in [-0.2, -0.15) is 0 Å². The van der Waals surface area contributed by atoms with E-state index in [4.69, 9.17) is 29.2 Å². The van der Waals surface area contributed by atoms with Crippen molar-refractivity contribution in [2.45, 2.75) is 143 Å². The number of esters is 1. The van der Waals surface area contributed by atoms with E-state index in [1.54, 1.807) is 83.9 Å². The first-order valence-electron chi connectivity index (χ1n) is 20.8. The Morgan fingerprint density at radius 2 is 1.28 bits per heavy atom. The van der Waals surface area contributed by atoms with E-state index >= 15 is 0 Å². The molecule has 2 saturated heterocycles. The predicted octanol–water partition coefficient (Wildman–Crippen LogP) is 5.33. The van der Waals surface area contributed by atoms with Gasteiger partial charge in [-0.25, -0.2) is 19.2 Å². The van der Waals surface area contributed by atoms with E-state index in [1.807, 2.05) is 0 Å². The van der Waals surface area contributed by atoms with E-state index < -0.39 is 70.7 Å². The number of nitrogens with one attached hydrogen (secondary N) is 1. The summed E-state index contributed by atoms with van der Waals surface area (Å²) in [6, 6.07) is -0.704. The lowest BCUT2D eigenvalue weighted by Gasteiger charge is -2.34. The van der Waals surface area contributed by atoms with Gasteiger partial charge in [0.2, 0.25) is 0 Å². The summed E-state index contributed by atoms with van der Waals surface area (Å²) >= 11 is 0. The molecule has 2 fully saturated rings. The molecule has 3 rings (SSSR count). The van der Waals surface area contributed by atoms with Gasteiger partial charge in [-0.1, -0.05) is 5.11 Å². The molecule has 0 bridgehead atoms. The average molecular weight is 850 g/mol. The fourth-order valence-corrected chi connectivity index (χ4v) is 6.51. The highest BCUT2D eigenvalue weighted by Gasteiger charge is 2.37. The van der Waals surface area contributed by atoms with Crippen LogP contribution in [-0.4, -0.2) is 148 Å².